The summed E-state index contributed by atoms with van der Waals surface area (Å²) in [6.07, 6.45) is 10.0. The quantitative estimate of drug-likeness (QED) is 0.520. The molecule has 0 aromatic heterocycles. The SMILES string of the molecule is C=CN(C=C(C)C)c1ccc(/C=C2\CCC3CCCC(c4ccc(F)cc4)N3C2=O)cc1O. The van der Waals surface area contributed by atoms with E-state index in [0.29, 0.717) is 5.69 Å². The van der Waals surface area contributed by atoms with Crippen molar-refractivity contribution in [1.29, 1.82) is 0 Å². The van der Waals surface area contributed by atoms with E-state index in [1.165, 1.54) is 12.1 Å². The summed E-state index contributed by atoms with van der Waals surface area (Å²) in [4.78, 5) is 17.3. The molecule has 1 amide bonds. The summed E-state index contributed by atoms with van der Waals surface area (Å²) in [5.74, 6) is -0.0920. The Morgan fingerprint density at radius 3 is 2.58 bits per heavy atom. The number of nitrogens with zero attached hydrogens (tertiary/aromatic N) is 2. The zero-order chi connectivity index (χ0) is 23.5. The summed E-state index contributed by atoms with van der Waals surface area (Å²) in [5.41, 5.74) is 4.24. The van der Waals surface area contributed by atoms with Gasteiger partial charge in [-0.1, -0.05) is 30.4 Å². The van der Waals surface area contributed by atoms with Gasteiger partial charge in [0.1, 0.15) is 11.6 Å². The number of hydrogen-bond donors (Lipinski definition) is 1. The molecule has 2 aliphatic rings. The van der Waals surface area contributed by atoms with E-state index in [1.807, 2.05) is 43.2 Å². The second kappa shape index (κ2) is 9.65. The molecular weight excluding hydrogens is 415 g/mol. The van der Waals surface area contributed by atoms with Gasteiger partial charge in [0, 0.05) is 24.0 Å². The van der Waals surface area contributed by atoms with Crippen LogP contribution in [0.25, 0.3) is 6.08 Å². The number of carbonyl (C=O) groups excluding carboxylic acids is 1. The Bertz CT molecular complexity index is 1100. The van der Waals surface area contributed by atoms with Crippen LogP contribution < -0.4 is 4.90 Å². The molecule has 2 saturated heterocycles. The van der Waals surface area contributed by atoms with E-state index in [0.717, 1.165) is 54.4 Å². The summed E-state index contributed by atoms with van der Waals surface area (Å²) in [6.45, 7) is 7.78. The highest BCUT2D eigenvalue weighted by Gasteiger charge is 2.39. The second-order valence-corrected chi connectivity index (χ2v) is 9.12. The predicted octanol–water partition coefficient (Wildman–Crippen LogP) is 6.70. The zero-order valence-electron chi connectivity index (χ0n) is 19.3. The summed E-state index contributed by atoms with van der Waals surface area (Å²) in [7, 11) is 0. The summed E-state index contributed by atoms with van der Waals surface area (Å²) in [6, 6.07) is 12.1. The number of piperidine rings is 2. The topological polar surface area (TPSA) is 43.8 Å². The van der Waals surface area contributed by atoms with Crippen molar-refractivity contribution in [2.45, 2.75) is 58.0 Å². The number of anilines is 1. The normalized spacial score (nSPS) is 21.5. The lowest BCUT2D eigenvalue weighted by Gasteiger charge is -2.46. The lowest BCUT2D eigenvalue weighted by Crippen LogP contribution is -2.49. The Hall–Kier alpha value is -3.34. The number of fused-ring (bicyclic) bond motifs is 1. The first kappa shape index (κ1) is 22.8. The van der Waals surface area contributed by atoms with Gasteiger partial charge in [-0.05, 0) is 87.4 Å². The molecule has 2 unspecified atom stereocenters. The van der Waals surface area contributed by atoms with Gasteiger partial charge in [0.25, 0.3) is 5.91 Å². The Labute approximate surface area is 195 Å². The lowest BCUT2D eigenvalue weighted by molar-refractivity contribution is -0.136. The Balaban J connectivity index is 1.61. The fraction of sp³-hybridized carbons (Fsp3) is 0.321. The summed E-state index contributed by atoms with van der Waals surface area (Å²) >= 11 is 0. The molecule has 2 aromatic carbocycles. The molecule has 0 spiro atoms. The van der Waals surface area contributed by atoms with Gasteiger partial charge in [-0.25, -0.2) is 4.39 Å². The maximum Gasteiger partial charge on any atom is 0.250 e. The molecule has 2 heterocycles. The third-order valence-corrected chi connectivity index (χ3v) is 6.47. The molecule has 0 saturated carbocycles. The predicted molar refractivity (Wildman–Crippen MR) is 131 cm³/mol. The monoisotopic (exact) mass is 446 g/mol. The van der Waals surface area contributed by atoms with Gasteiger partial charge in [-0.3, -0.25) is 4.79 Å². The molecule has 2 atom stereocenters. The minimum Gasteiger partial charge on any atom is -0.506 e. The number of hydrogen-bond acceptors (Lipinski definition) is 3. The molecule has 0 radical (unpaired) electrons. The Morgan fingerprint density at radius 2 is 1.91 bits per heavy atom. The molecule has 33 heavy (non-hydrogen) atoms. The number of halogens is 1. The highest BCUT2D eigenvalue weighted by atomic mass is 19.1. The van der Waals surface area contributed by atoms with Crippen molar-refractivity contribution in [1.82, 2.24) is 4.90 Å². The first-order valence-electron chi connectivity index (χ1n) is 11.5. The summed E-state index contributed by atoms with van der Waals surface area (Å²) < 4.78 is 13.4. The number of phenols is 1. The molecule has 172 valence electrons. The van der Waals surface area contributed by atoms with Crippen molar-refractivity contribution in [3.63, 3.8) is 0 Å². The van der Waals surface area contributed by atoms with Gasteiger partial charge in [0.2, 0.25) is 0 Å². The Kier molecular flexibility index (Phi) is 6.68. The van der Waals surface area contributed by atoms with E-state index in [1.54, 1.807) is 29.3 Å². The first-order chi connectivity index (χ1) is 15.9. The van der Waals surface area contributed by atoms with E-state index in [2.05, 4.69) is 6.58 Å². The molecule has 2 aliphatic heterocycles. The largest absolute Gasteiger partial charge is 0.506 e. The highest BCUT2D eigenvalue weighted by molar-refractivity contribution is 5.99. The standard InChI is InChI=1S/C28H31FN2O2/c1-4-30(18-19(2)3)26-15-8-20(17-27(26)32)16-22-11-14-24-6-5-7-25(31(24)28(22)33)21-9-12-23(29)13-10-21/h4,8-10,12-13,15-18,24-25,32H,1,5-7,11,14H2,2-3H3/b22-16+. The fourth-order valence-electron chi connectivity index (χ4n) is 4.96. The molecule has 0 aliphatic carbocycles. The number of phenolic OH excluding ortho intramolecular Hbond substituents is 1. The zero-order valence-corrected chi connectivity index (χ0v) is 19.3. The third-order valence-electron chi connectivity index (χ3n) is 6.47. The first-order valence-corrected chi connectivity index (χ1v) is 11.5. The average Bonchev–Trinajstić information content (AvgIpc) is 2.80. The number of allylic oxidation sites excluding steroid dienone is 1. The van der Waals surface area contributed by atoms with Crippen molar-refractivity contribution in [2.24, 2.45) is 0 Å². The van der Waals surface area contributed by atoms with Gasteiger partial charge < -0.3 is 14.9 Å². The lowest BCUT2D eigenvalue weighted by atomic mass is 9.84. The van der Waals surface area contributed by atoms with Gasteiger partial charge in [-0.2, -0.15) is 0 Å². The average molecular weight is 447 g/mol. The highest BCUT2D eigenvalue weighted by Crippen LogP contribution is 2.41. The van der Waals surface area contributed by atoms with Crippen molar-refractivity contribution in [3.8, 4) is 5.75 Å². The smallest absolute Gasteiger partial charge is 0.250 e. The van der Waals surface area contributed by atoms with Gasteiger partial charge in [0.15, 0.2) is 0 Å². The Morgan fingerprint density at radius 1 is 1.15 bits per heavy atom. The van der Waals surface area contributed by atoms with Crippen LogP contribution in [0.3, 0.4) is 0 Å². The summed E-state index contributed by atoms with van der Waals surface area (Å²) in [5, 5.41) is 10.6. The molecule has 5 heteroatoms. The van der Waals surface area contributed by atoms with Crippen LogP contribution in [0.15, 0.2) is 72.6 Å². The molecule has 2 aromatic rings. The number of aromatic hydroxyl groups is 1. The van der Waals surface area contributed by atoms with Crippen LogP contribution in [-0.2, 0) is 4.79 Å². The van der Waals surface area contributed by atoms with Crippen molar-refractivity contribution in [3.05, 3.63) is 89.5 Å². The van der Waals surface area contributed by atoms with Gasteiger partial charge in [-0.15, -0.1) is 0 Å². The number of carbonyl (C=O) groups is 1. The number of rotatable bonds is 5. The molecule has 0 bridgehead atoms. The minimum absolute atomic E-state index is 0.0263. The van der Waals surface area contributed by atoms with Crippen LogP contribution in [-0.4, -0.2) is 22.0 Å². The van der Waals surface area contributed by atoms with Crippen LogP contribution in [0.2, 0.25) is 0 Å². The van der Waals surface area contributed by atoms with E-state index >= 15 is 0 Å². The van der Waals surface area contributed by atoms with Crippen molar-refractivity contribution < 1.29 is 14.3 Å². The van der Waals surface area contributed by atoms with Crippen LogP contribution in [0.4, 0.5) is 10.1 Å². The van der Waals surface area contributed by atoms with Crippen molar-refractivity contribution in [2.75, 3.05) is 4.90 Å². The second-order valence-electron chi connectivity index (χ2n) is 9.12. The van der Waals surface area contributed by atoms with Crippen LogP contribution >= 0.6 is 0 Å². The van der Waals surface area contributed by atoms with E-state index in [4.69, 9.17) is 0 Å². The number of benzene rings is 2. The molecule has 4 nitrogen and oxygen atoms in total. The van der Waals surface area contributed by atoms with Crippen LogP contribution in [0, 0.1) is 5.82 Å². The van der Waals surface area contributed by atoms with Gasteiger partial charge >= 0.3 is 0 Å². The molecule has 2 fully saturated rings. The fourth-order valence-corrected chi connectivity index (χ4v) is 4.96. The van der Waals surface area contributed by atoms with E-state index < -0.39 is 0 Å². The van der Waals surface area contributed by atoms with E-state index in [-0.39, 0.29) is 29.6 Å². The van der Waals surface area contributed by atoms with Crippen molar-refractivity contribution >= 4 is 17.7 Å². The number of amides is 1. The van der Waals surface area contributed by atoms with Gasteiger partial charge in [0.05, 0.1) is 11.7 Å². The molecular formula is C28H31FN2O2. The van der Waals surface area contributed by atoms with Crippen LogP contribution in [0.5, 0.6) is 5.75 Å². The maximum absolute atomic E-state index is 13.5. The molecule has 1 N–H and O–H groups in total. The molecule has 4 rings (SSSR count). The minimum atomic E-state index is -0.264. The maximum atomic E-state index is 13.5. The van der Waals surface area contributed by atoms with Crippen LogP contribution in [0.1, 0.15) is 63.1 Å². The van der Waals surface area contributed by atoms with E-state index in [9.17, 15) is 14.3 Å². The third kappa shape index (κ3) is 4.87.